The normalized spacial score (nSPS) is 16.3. The van der Waals surface area contributed by atoms with Gasteiger partial charge in [-0.1, -0.05) is 103 Å². The zero-order valence-electron chi connectivity index (χ0n) is 17.1. The van der Waals surface area contributed by atoms with Gasteiger partial charge in [-0.15, -0.1) is 0 Å². The number of rotatable bonds is 6. The molecule has 1 N–H and O–H groups in total. The Balaban J connectivity index is 1.66. The van der Waals surface area contributed by atoms with Crippen molar-refractivity contribution in [2.75, 3.05) is 0 Å². The third-order valence-corrected chi connectivity index (χ3v) is 6.14. The van der Waals surface area contributed by atoms with Crippen molar-refractivity contribution in [3.05, 3.63) is 107 Å². The lowest BCUT2D eigenvalue weighted by atomic mass is 9.83. The van der Waals surface area contributed by atoms with Crippen LogP contribution in [0.5, 0.6) is 0 Å². The topological polar surface area (TPSA) is 29.1 Å². The number of carbonyl (C=O) groups is 1. The van der Waals surface area contributed by atoms with E-state index in [0.29, 0.717) is 5.92 Å². The second-order valence-electron chi connectivity index (χ2n) is 8.20. The van der Waals surface area contributed by atoms with E-state index in [0.717, 1.165) is 29.5 Å². The molecule has 0 aliphatic heterocycles. The van der Waals surface area contributed by atoms with Crippen molar-refractivity contribution in [1.29, 1.82) is 0 Å². The summed E-state index contributed by atoms with van der Waals surface area (Å²) in [6.07, 6.45) is 4.71. The minimum atomic E-state index is -0.142. The molecule has 4 rings (SSSR count). The van der Waals surface area contributed by atoms with Crippen LogP contribution in [0.25, 0.3) is 0 Å². The summed E-state index contributed by atoms with van der Waals surface area (Å²) in [5.41, 5.74) is 4.59. The maximum absolute atomic E-state index is 13.6. The summed E-state index contributed by atoms with van der Waals surface area (Å²) in [7, 11) is 0. The third kappa shape index (κ3) is 4.59. The van der Waals surface area contributed by atoms with Gasteiger partial charge in [0, 0.05) is 0 Å². The minimum Gasteiger partial charge on any atom is -0.345 e. The summed E-state index contributed by atoms with van der Waals surface area (Å²) in [6.45, 7) is 2.09. The largest absolute Gasteiger partial charge is 0.345 e. The molecular formula is C27H29NO. The van der Waals surface area contributed by atoms with Crippen molar-refractivity contribution in [2.45, 2.75) is 44.6 Å². The molecule has 0 spiro atoms. The molecule has 2 atom stereocenters. The Bertz CT molecular complexity index is 912. The molecule has 1 aliphatic rings. The first kappa shape index (κ1) is 19.4. The van der Waals surface area contributed by atoms with Gasteiger partial charge in [-0.3, -0.25) is 4.79 Å². The van der Waals surface area contributed by atoms with Crippen LogP contribution in [0.2, 0.25) is 0 Å². The highest BCUT2D eigenvalue weighted by atomic mass is 16.2. The molecule has 1 amide bonds. The predicted molar refractivity (Wildman–Crippen MR) is 119 cm³/mol. The Morgan fingerprint density at radius 1 is 0.759 bits per heavy atom. The number of carbonyl (C=O) groups excluding carboxylic acids is 1. The lowest BCUT2D eigenvalue weighted by Crippen LogP contribution is -2.36. The highest BCUT2D eigenvalue weighted by molar-refractivity contribution is 5.84. The van der Waals surface area contributed by atoms with Crippen molar-refractivity contribution >= 4 is 5.91 Å². The van der Waals surface area contributed by atoms with Crippen LogP contribution in [0.1, 0.15) is 59.9 Å². The number of hydrogen-bond donors (Lipinski definition) is 1. The van der Waals surface area contributed by atoms with Gasteiger partial charge in [0.1, 0.15) is 0 Å². The van der Waals surface area contributed by atoms with Crippen molar-refractivity contribution in [1.82, 2.24) is 5.32 Å². The highest BCUT2D eigenvalue weighted by Gasteiger charge is 2.33. The van der Waals surface area contributed by atoms with E-state index in [1.807, 2.05) is 36.4 Å². The summed E-state index contributed by atoms with van der Waals surface area (Å²) < 4.78 is 0. The monoisotopic (exact) mass is 383 g/mol. The van der Waals surface area contributed by atoms with E-state index >= 15 is 0 Å². The average Bonchev–Trinajstić information content (AvgIpc) is 3.29. The van der Waals surface area contributed by atoms with E-state index in [1.165, 1.54) is 18.4 Å². The van der Waals surface area contributed by atoms with Crippen LogP contribution < -0.4 is 5.32 Å². The molecule has 2 nitrogen and oxygen atoms in total. The molecule has 148 valence electrons. The number of hydrogen-bond acceptors (Lipinski definition) is 1. The Kier molecular flexibility index (Phi) is 6.09. The molecule has 0 bridgehead atoms. The first-order chi connectivity index (χ1) is 14.2. The molecule has 0 saturated heterocycles. The van der Waals surface area contributed by atoms with E-state index in [-0.39, 0.29) is 17.9 Å². The van der Waals surface area contributed by atoms with Gasteiger partial charge < -0.3 is 5.32 Å². The molecule has 1 aliphatic carbocycles. The summed E-state index contributed by atoms with van der Waals surface area (Å²) in [6, 6.07) is 28.9. The standard InChI is InChI=1S/C27H29NO/c1-20-16-18-24(19-17-20)26(23-14-6-3-7-15-23)28-27(29)25(22-12-8-9-13-22)21-10-4-2-5-11-21/h2-7,10-11,14-19,22,25-26H,8-9,12-13H2,1H3,(H,28,29). The first-order valence-electron chi connectivity index (χ1n) is 10.7. The van der Waals surface area contributed by atoms with Crippen LogP contribution in [0.15, 0.2) is 84.9 Å². The van der Waals surface area contributed by atoms with E-state index < -0.39 is 0 Å². The molecule has 0 aromatic heterocycles. The van der Waals surface area contributed by atoms with Crippen molar-refractivity contribution < 1.29 is 4.79 Å². The fourth-order valence-electron chi connectivity index (χ4n) is 4.58. The van der Waals surface area contributed by atoms with Crippen LogP contribution in [-0.4, -0.2) is 5.91 Å². The van der Waals surface area contributed by atoms with Gasteiger partial charge in [-0.2, -0.15) is 0 Å². The summed E-state index contributed by atoms with van der Waals surface area (Å²) in [5.74, 6) is 0.472. The SMILES string of the molecule is Cc1ccc(C(NC(=O)C(c2ccccc2)C2CCCC2)c2ccccc2)cc1. The van der Waals surface area contributed by atoms with Crippen LogP contribution in [0.3, 0.4) is 0 Å². The number of nitrogens with one attached hydrogen (secondary N) is 1. The second-order valence-corrected chi connectivity index (χ2v) is 8.20. The van der Waals surface area contributed by atoms with Crippen molar-refractivity contribution in [3.63, 3.8) is 0 Å². The average molecular weight is 384 g/mol. The molecular weight excluding hydrogens is 354 g/mol. The quantitative estimate of drug-likeness (QED) is 0.541. The van der Waals surface area contributed by atoms with E-state index in [2.05, 4.69) is 60.8 Å². The Labute approximate surface area is 174 Å². The van der Waals surface area contributed by atoms with Gasteiger partial charge in [-0.25, -0.2) is 0 Å². The Morgan fingerprint density at radius 3 is 1.86 bits per heavy atom. The molecule has 29 heavy (non-hydrogen) atoms. The van der Waals surface area contributed by atoms with Crippen molar-refractivity contribution in [3.8, 4) is 0 Å². The molecule has 3 aromatic carbocycles. The Hall–Kier alpha value is -2.87. The molecule has 3 aromatic rings. The summed E-state index contributed by atoms with van der Waals surface area (Å²) >= 11 is 0. The molecule has 2 unspecified atom stereocenters. The van der Waals surface area contributed by atoms with Gasteiger partial charge >= 0.3 is 0 Å². The fourth-order valence-corrected chi connectivity index (χ4v) is 4.58. The second kappa shape index (κ2) is 9.09. The number of benzene rings is 3. The van der Waals surface area contributed by atoms with E-state index in [4.69, 9.17) is 0 Å². The van der Waals surface area contributed by atoms with Crippen LogP contribution in [-0.2, 0) is 4.79 Å². The fraction of sp³-hybridized carbons (Fsp3) is 0.296. The van der Waals surface area contributed by atoms with Gasteiger partial charge in [-0.05, 0) is 42.4 Å². The van der Waals surface area contributed by atoms with Gasteiger partial charge in [0.25, 0.3) is 0 Å². The third-order valence-electron chi connectivity index (χ3n) is 6.14. The summed E-state index contributed by atoms with van der Waals surface area (Å²) in [5, 5.41) is 3.41. The lowest BCUT2D eigenvalue weighted by Gasteiger charge is -2.27. The summed E-state index contributed by atoms with van der Waals surface area (Å²) in [4.78, 5) is 13.6. The molecule has 1 saturated carbocycles. The molecule has 0 heterocycles. The van der Waals surface area contributed by atoms with Crippen molar-refractivity contribution in [2.24, 2.45) is 5.92 Å². The van der Waals surface area contributed by atoms with Gasteiger partial charge in [0.05, 0.1) is 12.0 Å². The highest BCUT2D eigenvalue weighted by Crippen LogP contribution is 2.38. The maximum Gasteiger partial charge on any atom is 0.228 e. The zero-order valence-corrected chi connectivity index (χ0v) is 17.1. The van der Waals surface area contributed by atoms with Crippen LogP contribution >= 0.6 is 0 Å². The van der Waals surface area contributed by atoms with Crippen LogP contribution in [0, 0.1) is 12.8 Å². The smallest absolute Gasteiger partial charge is 0.228 e. The minimum absolute atomic E-state index is 0.0876. The molecule has 2 heteroatoms. The molecule has 0 radical (unpaired) electrons. The number of amides is 1. The maximum atomic E-state index is 13.6. The lowest BCUT2D eigenvalue weighted by molar-refractivity contribution is -0.124. The predicted octanol–water partition coefficient (Wildman–Crippen LogP) is 6.17. The van der Waals surface area contributed by atoms with Crippen LogP contribution in [0.4, 0.5) is 0 Å². The van der Waals surface area contributed by atoms with E-state index in [9.17, 15) is 4.79 Å². The zero-order chi connectivity index (χ0) is 20.1. The number of aryl methyl sites for hydroxylation is 1. The Morgan fingerprint density at radius 2 is 1.28 bits per heavy atom. The van der Waals surface area contributed by atoms with Gasteiger partial charge in [0.15, 0.2) is 0 Å². The van der Waals surface area contributed by atoms with Gasteiger partial charge in [0.2, 0.25) is 5.91 Å². The first-order valence-corrected chi connectivity index (χ1v) is 10.7. The van der Waals surface area contributed by atoms with E-state index in [1.54, 1.807) is 0 Å². The molecule has 1 fully saturated rings.